The van der Waals surface area contributed by atoms with Crippen LogP contribution in [0.15, 0.2) is 63.8 Å². The van der Waals surface area contributed by atoms with Gasteiger partial charge in [0.15, 0.2) is 0 Å². The van der Waals surface area contributed by atoms with Crippen molar-refractivity contribution in [1.82, 2.24) is 5.43 Å². The van der Waals surface area contributed by atoms with E-state index in [9.17, 15) is 0 Å². The molecule has 0 fully saturated rings. The average Bonchev–Trinajstić information content (AvgIpc) is 2.62. The van der Waals surface area contributed by atoms with E-state index in [2.05, 4.69) is 20.7 Å². The molecule has 124 valence electrons. The first-order chi connectivity index (χ1) is 11.7. The van der Waals surface area contributed by atoms with Crippen LogP contribution in [0.1, 0.15) is 11.1 Å². The van der Waals surface area contributed by atoms with E-state index in [1.165, 1.54) is 0 Å². The summed E-state index contributed by atoms with van der Waals surface area (Å²) in [6.07, 6.45) is 3.14. The molecule has 0 aliphatic rings. The Morgan fingerprint density at radius 1 is 0.917 bits per heavy atom. The molecule has 0 spiro atoms. The summed E-state index contributed by atoms with van der Waals surface area (Å²) < 4.78 is 10.4. The molecule has 2 aromatic carbocycles. The van der Waals surface area contributed by atoms with Gasteiger partial charge in [0.25, 0.3) is 0 Å². The van der Waals surface area contributed by atoms with Gasteiger partial charge >= 0.3 is 0 Å². The Balaban J connectivity index is 1.97. The summed E-state index contributed by atoms with van der Waals surface area (Å²) in [5, 5.41) is 11.7. The summed E-state index contributed by atoms with van der Waals surface area (Å²) in [5.41, 5.74) is 9.90. The van der Waals surface area contributed by atoms with Gasteiger partial charge in [-0.1, -0.05) is 24.3 Å². The summed E-state index contributed by atoms with van der Waals surface area (Å²) >= 11 is 0. The van der Waals surface area contributed by atoms with Crippen molar-refractivity contribution in [1.29, 1.82) is 0 Å². The van der Waals surface area contributed by atoms with Gasteiger partial charge in [0.05, 0.1) is 26.6 Å². The lowest BCUT2D eigenvalue weighted by Crippen LogP contribution is -2.26. The minimum Gasteiger partial charge on any atom is -0.496 e. The second kappa shape index (κ2) is 8.94. The Morgan fingerprint density at radius 2 is 1.46 bits per heavy atom. The van der Waals surface area contributed by atoms with E-state index < -0.39 is 0 Å². The number of hydrogen-bond donors (Lipinski definition) is 2. The van der Waals surface area contributed by atoms with E-state index in [0.29, 0.717) is 11.5 Å². The summed E-state index contributed by atoms with van der Waals surface area (Å²) in [7, 11) is 3.20. The van der Waals surface area contributed by atoms with Gasteiger partial charge in [-0.05, 0) is 24.3 Å². The number of nitrogens with one attached hydrogen (secondary N) is 1. The Hall–Kier alpha value is -3.35. The smallest absolute Gasteiger partial charge is 0.234 e. The zero-order chi connectivity index (χ0) is 17.2. The standard InChI is InChI=1S/C17H19N5O2/c1-23-15-9-5-3-7-13(15)11-19-21-17(18)22-20-12-14-8-4-6-10-16(14)24-2/h3-12H,1-2H3,(H3,18,21,22)/b19-11+,20-12+. The molecule has 2 rings (SSSR count). The van der Waals surface area contributed by atoms with Crippen molar-refractivity contribution in [3.8, 4) is 11.5 Å². The summed E-state index contributed by atoms with van der Waals surface area (Å²) in [5.74, 6) is 1.48. The van der Waals surface area contributed by atoms with Gasteiger partial charge in [-0.3, -0.25) is 0 Å². The Morgan fingerprint density at radius 3 is 2.04 bits per heavy atom. The normalized spacial score (nSPS) is 11.8. The van der Waals surface area contributed by atoms with Crippen molar-refractivity contribution < 1.29 is 9.47 Å². The molecule has 7 nitrogen and oxygen atoms in total. The van der Waals surface area contributed by atoms with E-state index in [1.54, 1.807) is 26.6 Å². The predicted octanol–water partition coefficient (Wildman–Crippen LogP) is 1.98. The highest BCUT2D eigenvalue weighted by molar-refractivity contribution is 5.86. The largest absolute Gasteiger partial charge is 0.496 e. The molecule has 0 aliphatic carbocycles. The second-order valence-corrected chi connectivity index (χ2v) is 4.58. The molecular formula is C17H19N5O2. The van der Waals surface area contributed by atoms with Crippen LogP contribution in [0.2, 0.25) is 0 Å². The van der Waals surface area contributed by atoms with Crippen molar-refractivity contribution in [2.45, 2.75) is 0 Å². The quantitative estimate of drug-likeness (QED) is 0.482. The van der Waals surface area contributed by atoms with Crippen LogP contribution >= 0.6 is 0 Å². The first kappa shape index (κ1) is 17.0. The molecule has 0 amide bonds. The topological polar surface area (TPSA) is 93.6 Å². The van der Waals surface area contributed by atoms with E-state index in [0.717, 1.165) is 11.1 Å². The third-order valence-corrected chi connectivity index (χ3v) is 3.02. The maximum Gasteiger partial charge on any atom is 0.234 e. The van der Waals surface area contributed by atoms with Gasteiger partial charge in [-0.25, -0.2) is 5.43 Å². The Labute approximate surface area is 140 Å². The number of benzene rings is 2. The van der Waals surface area contributed by atoms with Gasteiger partial charge in [0.1, 0.15) is 11.5 Å². The van der Waals surface area contributed by atoms with Crippen LogP contribution in [0, 0.1) is 0 Å². The molecule has 24 heavy (non-hydrogen) atoms. The zero-order valence-corrected chi connectivity index (χ0v) is 13.5. The van der Waals surface area contributed by atoms with Gasteiger partial charge in [-0.2, -0.15) is 10.2 Å². The molecule has 0 radical (unpaired) electrons. The van der Waals surface area contributed by atoms with Crippen LogP contribution in [0.5, 0.6) is 11.5 Å². The minimum atomic E-state index is 0.0623. The molecule has 0 aliphatic heterocycles. The van der Waals surface area contributed by atoms with Crippen molar-refractivity contribution >= 4 is 18.4 Å². The molecule has 0 atom stereocenters. The van der Waals surface area contributed by atoms with Crippen LogP contribution in [0.3, 0.4) is 0 Å². The molecule has 0 saturated heterocycles. The average molecular weight is 325 g/mol. The van der Waals surface area contributed by atoms with E-state index in [1.807, 2.05) is 48.5 Å². The molecule has 7 heteroatoms. The molecule has 0 heterocycles. The third kappa shape index (κ3) is 4.84. The van der Waals surface area contributed by atoms with Crippen LogP contribution < -0.4 is 20.6 Å². The van der Waals surface area contributed by atoms with Crippen LogP contribution in [0.25, 0.3) is 0 Å². The first-order valence-electron chi connectivity index (χ1n) is 7.16. The van der Waals surface area contributed by atoms with Crippen molar-refractivity contribution in [2.75, 3.05) is 14.2 Å². The lowest BCUT2D eigenvalue weighted by atomic mass is 10.2. The number of ether oxygens (including phenoxy) is 2. The van der Waals surface area contributed by atoms with Gasteiger partial charge < -0.3 is 15.2 Å². The fourth-order valence-corrected chi connectivity index (χ4v) is 1.89. The molecule has 0 aromatic heterocycles. The lowest BCUT2D eigenvalue weighted by Gasteiger charge is -2.03. The van der Waals surface area contributed by atoms with Crippen molar-refractivity contribution in [3.05, 3.63) is 59.7 Å². The number of para-hydroxylation sites is 2. The van der Waals surface area contributed by atoms with Gasteiger partial charge in [0.2, 0.25) is 5.96 Å². The highest BCUT2D eigenvalue weighted by Gasteiger charge is 1.98. The molecule has 0 unspecified atom stereocenters. The minimum absolute atomic E-state index is 0.0623. The highest BCUT2D eigenvalue weighted by Crippen LogP contribution is 2.15. The van der Waals surface area contributed by atoms with Gasteiger partial charge in [0, 0.05) is 11.1 Å². The molecule has 2 aromatic rings. The summed E-state index contributed by atoms with van der Waals surface area (Å²) in [4.78, 5) is 0. The Kier molecular flexibility index (Phi) is 6.34. The number of guanidine groups is 1. The Bertz CT molecular complexity index is 756. The van der Waals surface area contributed by atoms with Crippen molar-refractivity contribution in [3.63, 3.8) is 0 Å². The predicted molar refractivity (Wildman–Crippen MR) is 95.9 cm³/mol. The van der Waals surface area contributed by atoms with Crippen molar-refractivity contribution in [2.24, 2.45) is 21.0 Å². The number of nitrogens with zero attached hydrogens (tertiary/aromatic N) is 3. The van der Waals surface area contributed by atoms with Crippen LogP contribution in [0.4, 0.5) is 0 Å². The van der Waals surface area contributed by atoms with Crippen LogP contribution in [-0.2, 0) is 0 Å². The number of nitrogens with two attached hydrogens (primary N) is 1. The second-order valence-electron chi connectivity index (χ2n) is 4.58. The fraction of sp³-hybridized carbons (Fsp3) is 0.118. The number of hydrazone groups is 1. The van der Waals surface area contributed by atoms with Gasteiger partial charge in [-0.15, -0.1) is 5.10 Å². The molecule has 0 saturated carbocycles. The maximum atomic E-state index is 5.69. The van der Waals surface area contributed by atoms with Crippen LogP contribution in [-0.4, -0.2) is 32.6 Å². The van der Waals surface area contributed by atoms with E-state index in [4.69, 9.17) is 15.2 Å². The molecular weight excluding hydrogens is 306 g/mol. The third-order valence-electron chi connectivity index (χ3n) is 3.02. The SMILES string of the molecule is COc1ccccc1/C=N/N=C(\N)N/N=C/c1ccccc1OC. The van der Waals surface area contributed by atoms with E-state index >= 15 is 0 Å². The zero-order valence-electron chi connectivity index (χ0n) is 13.5. The lowest BCUT2D eigenvalue weighted by molar-refractivity contribution is 0.414. The summed E-state index contributed by atoms with van der Waals surface area (Å²) in [6.45, 7) is 0. The molecule has 3 N–H and O–H groups in total. The number of rotatable bonds is 6. The fourth-order valence-electron chi connectivity index (χ4n) is 1.89. The number of hydrogen-bond acceptors (Lipinski definition) is 5. The summed E-state index contributed by atoms with van der Waals surface area (Å²) in [6, 6.07) is 14.9. The number of methoxy groups -OCH3 is 2. The molecule has 0 bridgehead atoms. The first-order valence-corrected chi connectivity index (χ1v) is 7.16. The highest BCUT2D eigenvalue weighted by atomic mass is 16.5. The monoisotopic (exact) mass is 325 g/mol. The van der Waals surface area contributed by atoms with E-state index in [-0.39, 0.29) is 5.96 Å². The maximum absolute atomic E-state index is 5.69.